The molecule has 0 N–H and O–H groups in total. The first kappa shape index (κ1) is 20.8. The van der Waals surface area contributed by atoms with Gasteiger partial charge in [-0.15, -0.1) is 0 Å². The molecule has 1 aromatic heterocycles. The van der Waals surface area contributed by atoms with Gasteiger partial charge in [0.05, 0.1) is 23.4 Å². The van der Waals surface area contributed by atoms with E-state index in [2.05, 4.69) is 11.1 Å². The van der Waals surface area contributed by atoms with Crippen LogP contribution in [0.4, 0.5) is 0 Å². The summed E-state index contributed by atoms with van der Waals surface area (Å²) in [5.74, 6) is -0.0256. The van der Waals surface area contributed by atoms with Crippen LogP contribution in [0.5, 0.6) is 5.75 Å². The van der Waals surface area contributed by atoms with Crippen LogP contribution in [-0.2, 0) is 16.1 Å². The molecule has 0 radical (unpaired) electrons. The Morgan fingerprint density at radius 2 is 1.79 bits per heavy atom. The van der Waals surface area contributed by atoms with E-state index in [1.54, 1.807) is 35.8 Å². The lowest BCUT2D eigenvalue weighted by Gasteiger charge is -2.06. The molecule has 0 bridgehead atoms. The number of esters is 1. The first-order valence-electron chi connectivity index (χ1n) is 9.51. The number of amides is 1. The second-order valence-electron chi connectivity index (χ2n) is 6.58. The van der Waals surface area contributed by atoms with Crippen LogP contribution in [0.2, 0.25) is 0 Å². The number of fused-ring (bicyclic) bond motifs is 1. The van der Waals surface area contributed by atoms with Crippen molar-refractivity contribution in [2.45, 2.75) is 34.2 Å². The number of ether oxygens (including phenoxy) is 2. The Bertz CT molecular complexity index is 1110. The summed E-state index contributed by atoms with van der Waals surface area (Å²) in [6, 6.07) is 10.9. The number of nitrogens with zero attached hydrogens (tertiary/aromatic N) is 2. The van der Waals surface area contributed by atoms with Gasteiger partial charge in [-0.2, -0.15) is 4.99 Å². The SMILES string of the molecule is CCOC(=O)Cn1c(=NC(=O)c2ccc(OCC)cc2)sc2c(C)cc(C)cc21. The molecule has 0 aliphatic rings. The fourth-order valence-corrected chi connectivity index (χ4v) is 4.18. The van der Waals surface area contributed by atoms with Crippen molar-refractivity contribution in [3.05, 3.63) is 57.9 Å². The van der Waals surface area contributed by atoms with Gasteiger partial charge in [-0.1, -0.05) is 17.4 Å². The summed E-state index contributed by atoms with van der Waals surface area (Å²) in [7, 11) is 0. The van der Waals surface area contributed by atoms with Crippen LogP contribution in [0.25, 0.3) is 10.2 Å². The number of carbonyl (C=O) groups excluding carboxylic acids is 2. The van der Waals surface area contributed by atoms with E-state index >= 15 is 0 Å². The molecular formula is C22H24N2O4S. The van der Waals surface area contributed by atoms with Crippen LogP contribution < -0.4 is 9.54 Å². The maximum Gasteiger partial charge on any atom is 0.326 e. The first-order valence-corrected chi connectivity index (χ1v) is 10.3. The minimum atomic E-state index is -0.369. The summed E-state index contributed by atoms with van der Waals surface area (Å²) in [5.41, 5.74) is 3.49. The minimum Gasteiger partial charge on any atom is -0.494 e. The Kier molecular flexibility index (Phi) is 6.49. The van der Waals surface area contributed by atoms with E-state index < -0.39 is 0 Å². The maximum atomic E-state index is 12.7. The number of hydrogen-bond acceptors (Lipinski definition) is 5. The molecule has 0 spiro atoms. The van der Waals surface area contributed by atoms with Gasteiger partial charge in [0.25, 0.3) is 5.91 Å². The van der Waals surface area contributed by atoms with Crippen molar-refractivity contribution >= 4 is 33.4 Å². The molecule has 0 saturated heterocycles. The molecule has 0 fully saturated rings. The Labute approximate surface area is 173 Å². The second-order valence-corrected chi connectivity index (χ2v) is 7.56. The van der Waals surface area contributed by atoms with Gasteiger partial charge >= 0.3 is 5.97 Å². The van der Waals surface area contributed by atoms with Crippen LogP contribution in [0.15, 0.2) is 41.4 Å². The summed E-state index contributed by atoms with van der Waals surface area (Å²) >= 11 is 1.40. The van der Waals surface area contributed by atoms with Crippen LogP contribution >= 0.6 is 11.3 Å². The zero-order chi connectivity index (χ0) is 21.0. The molecule has 0 aliphatic heterocycles. The van der Waals surface area contributed by atoms with Gasteiger partial charge < -0.3 is 14.0 Å². The fourth-order valence-electron chi connectivity index (χ4n) is 3.10. The number of hydrogen-bond donors (Lipinski definition) is 0. The van der Waals surface area contributed by atoms with Gasteiger partial charge in [0.2, 0.25) is 0 Å². The highest BCUT2D eigenvalue weighted by molar-refractivity contribution is 7.16. The Balaban J connectivity index is 2.07. The smallest absolute Gasteiger partial charge is 0.326 e. The van der Waals surface area contributed by atoms with E-state index in [1.807, 2.05) is 26.8 Å². The third kappa shape index (κ3) is 4.74. The highest BCUT2D eigenvalue weighted by atomic mass is 32.1. The molecule has 0 atom stereocenters. The Morgan fingerprint density at radius 3 is 2.45 bits per heavy atom. The second kappa shape index (κ2) is 9.05. The maximum absolute atomic E-state index is 12.7. The molecule has 152 valence electrons. The lowest BCUT2D eigenvalue weighted by Crippen LogP contribution is -2.23. The molecule has 7 heteroatoms. The first-order chi connectivity index (χ1) is 13.9. The lowest BCUT2D eigenvalue weighted by atomic mass is 10.1. The number of rotatable bonds is 6. The number of aryl methyl sites for hydroxylation is 2. The van der Waals surface area contributed by atoms with Crippen molar-refractivity contribution in [3.8, 4) is 5.75 Å². The molecule has 0 unspecified atom stereocenters. The lowest BCUT2D eigenvalue weighted by molar-refractivity contribution is -0.143. The summed E-state index contributed by atoms with van der Waals surface area (Å²) in [5, 5.41) is 0. The molecule has 3 rings (SSSR count). The highest BCUT2D eigenvalue weighted by Crippen LogP contribution is 2.23. The molecule has 3 aromatic rings. The molecular weight excluding hydrogens is 388 g/mol. The third-order valence-corrected chi connectivity index (χ3v) is 5.55. The molecule has 1 heterocycles. The van der Waals surface area contributed by atoms with Crippen molar-refractivity contribution in [2.75, 3.05) is 13.2 Å². The van der Waals surface area contributed by atoms with Gasteiger partial charge in [0.15, 0.2) is 4.80 Å². The molecule has 0 saturated carbocycles. The van der Waals surface area contributed by atoms with E-state index in [1.165, 1.54) is 11.3 Å². The molecule has 1 amide bonds. The minimum absolute atomic E-state index is 0.00608. The monoisotopic (exact) mass is 412 g/mol. The average Bonchev–Trinajstić information content (AvgIpc) is 3.00. The van der Waals surface area contributed by atoms with Gasteiger partial charge in [-0.25, -0.2) is 0 Å². The van der Waals surface area contributed by atoms with Crippen molar-refractivity contribution in [1.29, 1.82) is 0 Å². The van der Waals surface area contributed by atoms with Crippen LogP contribution in [0, 0.1) is 13.8 Å². The average molecular weight is 413 g/mol. The zero-order valence-corrected chi connectivity index (χ0v) is 17.8. The van der Waals surface area contributed by atoms with Crippen LogP contribution in [-0.4, -0.2) is 29.7 Å². The van der Waals surface area contributed by atoms with Gasteiger partial charge in [0, 0.05) is 5.56 Å². The number of thiazole rings is 1. The summed E-state index contributed by atoms with van der Waals surface area (Å²) < 4.78 is 13.3. The number of carbonyl (C=O) groups is 2. The van der Waals surface area contributed by atoms with Gasteiger partial charge in [0.1, 0.15) is 12.3 Å². The Hall–Kier alpha value is -2.93. The molecule has 2 aromatic carbocycles. The predicted molar refractivity (Wildman–Crippen MR) is 113 cm³/mol. The van der Waals surface area contributed by atoms with E-state index in [-0.39, 0.29) is 18.4 Å². The number of benzene rings is 2. The quantitative estimate of drug-likeness (QED) is 0.574. The fraction of sp³-hybridized carbons (Fsp3) is 0.318. The molecule has 29 heavy (non-hydrogen) atoms. The Morgan fingerprint density at radius 1 is 1.07 bits per heavy atom. The highest BCUT2D eigenvalue weighted by Gasteiger charge is 2.14. The van der Waals surface area contributed by atoms with Gasteiger partial charge in [-0.05, 0) is 69.2 Å². The van der Waals surface area contributed by atoms with E-state index in [9.17, 15) is 9.59 Å². The summed E-state index contributed by atoms with van der Waals surface area (Å²) in [6.07, 6.45) is 0. The number of aromatic nitrogens is 1. The van der Waals surface area contributed by atoms with Crippen LogP contribution in [0.3, 0.4) is 0 Å². The van der Waals surface area contributed by atoms with Crippen molar-refractivity contribution in [1.82, 2.24) is 4.57 Å². The van der Waals surface area contributed by atoms with Gasteiger partial charge in [-0.3, -0.25) is 9.59 Å². The molecule has 6 nitrogen and oxygen atoms in total. The third-order valence-electron chi connectivity index (χ3n) is 4.32. The summed E-state index contributed by atoms with van der Waals surface area (Å²) in [6.45, 7) is 8.56. The largest absolute Gasteiger partial charge is 0.494 e. The molecule has 0 aliphatic carbocycles. The van der Waals surface area contributed by atoms with E-state index in [0.717, 1.165) is 21.3 Å². The summed E-state index contributed by atoms with van der Waals surface area (Å²) in [4.78, 5) is 29.7. The van der Waals surface area contributed by atoms with E-state index in [4.69, 9.17) is 9.47 Å². The normalized spacial score (nSPS) is 11.7. The van der Waals surface area contributed by atoms with Crippen molar-refractivity contribution < 1.29 is 19.1 Å². The van der Waals surface area contributed by atoms with E-state index in [0.29, 0.717) is 29.3 Å². The topological polar surface area (TPSA) is 69.9 Å². The standard InChI is InChI=1S/C22H24N2O4S/c1-5-27-17-9-7-16(8-10-17)21(26)23-22-24(13-19(25)28-6-2)18-12-14(3)11-15(4)20(18)29-22/h7-12H,5-6,13H2,1-4H3. The van der Waals surface area contributed by atoms with Crippen LogP contribution in [0.1, 0.15) is 35.3 Å². The van der Waals surface area contributed by atoms with Crippen molar-refractivity contribution in [3.63, 3.8) is 0 Å². The zero-order valence-electron chi connectivity index (χ0n) is 17.0. The van der Waals surface area contributed by atoms with Crippen molar-refractivity contribution in [2.24, 2.45) is 4.99 Å². The predicted octanol–water partition coefficient (Wildman–Crippen LogP) is 4.02.